The lowest BCUT2D eigenvalue weighted by molar-refractivity contribution is -0.385. The van der Waals surface area contributed by atoms with E-state index in [1.165, 1.54) is 36.4 Å². The summed E-state index contributed by atoms with van der Waals surface area (Å²) in [6, 6.07) is 10.8. The van der Waals surface area contributed by atoms with Crippen LogP contribution < -0.4 is 0 Å². The van der Waals surface area contributed by atoms with Gasteiger partial charge in [-0.25, -0.2) is 0 Å². The van der Waals surface area contributed by atoms with Gasteiger partial charge >= 0.3 is 0 Å². The Morgan fingerprint density at radius 2 is 1.91 bits per heavy atom. The van der Waals surface area contributed by atoms with Crippen LogP contribution in [0.15, 0.2) is 48.5 Å². The quantitative estimate of drug-likeness (QED) is 0.394. The van der Waals surface area contributed by atoms with E-state index in [0.717, 1.165) is 0 Å². The number of phenolic OH excluding ortho intramolecular Hbond substituents is 1. The van der Waals surface area contributed by atoms with Crippen LogP contribution in [0.5, 0.6) is 5.75 Å². The van der Waals surface area contributed by atoms with Crippen LogP contribution in [0.4, 0.5) is 5.69 Å². The number of carbonyl (C=O) groups is 1. The highest BCUT2D eigenvalue weighted by Crippen LogP contribution is 2.21. The average molecular weight is 297 g/mol. The zero-order chi connectivity index (χ0) is 16.1. The fourth-order valence-electron chi connectivity index (χ4n) is 2.05. The van der Waals surface area contributed by atoms with Crippen molar-refractivity contribution in [2.24, 2.45) is 0 Å². The molecule has 0 bridgehead atoms. The minimum absolute atomic E-state index is 0.0572. The summed E-state index contributed by atoms with van der Waals surface area (Å²) in [5.74, 6) is -0.145. The molecular formula is C17H15NO4. The van der Waals surface area contributed by atoms with Gasteiger partial charge in [-0.05, 0) is 42.3 Å². The second-order valence-corrected chi connectivity index (χ2v) is 4.74. The second kappa shape index (κ2) is 6.67. The summed E-state index contributed by atoms with van der Waals surface area (Å²) in [7, 11) is 0. The van der Waals surface area contributed by atoms with Gasteiger partial charge in [-0.3, -0.25) is 14.9 Å². The van der Waals surface area contributed by atoms with Crippen LogP contribution >= 0.6 is 0 Å². The normalized spacial score (nSPS) is 10.8. The zero-order valence-electron chi connectivity index (χ0n) is 12.0. The van der Waals surface area contributed by atoms with Crippen molar-refractivity contribution in [1.82, 2.24) is 0 Å². The first-order chi connectivity index (χ1) is 10.5. The van der Waals surface area contributed by atoms with Crippen molar-refractivity contribution in [2.45, 2.75) is 13.3 Å². The molecule has 2 aromatic carbocycles. The van der Waals surface area contributed by atoms with Crippen molar-refractivity contribution in [3.8, 4) is 5.75 Å². The molecule has 2 rings (SSSR count). The van der Waals surface area contributed by atoms with Crippen molar-refractivity contribution in [2.75, 3.05) is 0 Å². The minimum Gasteiger partial charge on any atom is -0.508 e. The average Bonchev–Trinajstić information content (AvgIpc) is 2.53. The van der Waals surface area contributed by atoms with Gasteiger partial charge in [-0.15, -0.1) is 0 Å². The van der Waals surface area contributed by atoms with Gasteiger partial charge in [-0.2, -0.15) is 0 Å². The third kappa shape index (κ3) is 3.58. The Morgan fingerprint density at radius 3 is 2.50 bits per heavy atom. The van der Waals surface area contributed by atoms with Gasteiger partial charge in [0.1, 0.15) is 5.75 Å². The minimum atomic E-state index is -0.419. The van der Waals surface area contributed by atoms with Crippen LogP contribution in [0.2, 0.25) is 0 Å². The highest BCUT2D eigenvalue weighted by Gasteiger charge is 2.12. The molecule has 112 valence electrons. The molecule has 0 aliphatic heterocycles. The Morgan fingerprint density at radius 1 is 1.23 bits per heavy atom. The lowest BCUT2D eigenvalue weighted by Crippen LogP contribution is -1.95. The first kappa shape index (κ1) is 15.4. The molecule has 0 aliphatic rings. The molecule has 2 aromatic rings. The Balaban J connectivity index is 2.22. The molecule has 0 radical (unpaired) electrons. The van der Waals surface area contributed by atoms with Gasteiger partial charge in [0, 0.05) is 17.2 Å². The molecule has 0 saturated carbocycles. The summed E-state index contributed by atoms with van der Waals surface area (Å²) in [6.45, 7) is 1.85. The van der Waals surface area contributed by atoms with Crippen molar-refractivity contribution < 1.29 is 14.8 Å². The van der Waals surface area contributed by atoms with Crippen molar-refractivity contribution in [3.05, 3.63) is 75.3 Å². The SMILES string of the molecule is CCc1ccc(/C=C/C(=O)c2ccc(O)cc2)cc1[N+](=O)[O-]. The molecule has 1 N–H and O–H groups in total. The molecule has 0 aliphatic carbocycles. The van der Waals surface area contributed by atoms with Gasteiger partial charge in [0.15, 0.2) is 5.78 Å². The first-order valence-corrected chi connectivity index (χ1v) is 6.80. The Labute approximate surface area is 127 Å². The summed E-state index contributed by atoms with van der Waals surface area (Å²) in [6.07, 6.45) is 3.48. The van der Waals surface area contributed by atoms with Crippen molar-refractivity contribution >= 4 is 17.5 Å². The third-order valence-corrected chi connectivity index (χ3v) is 3.27. The molecule has 0 atom stereocenters. The molecule has 0 saturated heterocycles. The van der Waals surface area contributed by atoms with Gasteiger partial charge < -0.3 is 5.11 Å². The van der Waals surface area contributed by atoms with E-state index in [9.17, 15) is 20.0 Å². The van der Waals surface area contributed by atoms with Gasteiger partial charge in [0.05, 0.1) is 4.92 Å². The molecule has 0 aromatic heterocycles. The summed E-state index contributed by atoms with van der Waals surface area (Å²) in [5, 5.41) is 20.2. The zero-order valence-corrected chi connectivity index (χ0v) is 12.0. The number of allylic oxidation sites excluding steroid dienone is 1. The van der Waals surface area contributed by atoms with E-state index in [1.54, 1.807) is 18.2 Å². The molecule has 0 heterocycles. The van der Waals surface area contributed by atoms with Crippen LogP contribution in [0.25, 0.3) is 6.08 Å². The summed E-state index contributed by atoms with van der Waals surface area (Å²) in [5.41, 5.74) is 1.75. The molecule has 5 heteroatoms. The maximum atomic E-state index is 12.0. The van der Waals surface area contributed by atoms with Gasteiger partial charge in [0.25, 0.3) is 5.69 Å². The topological polar surface area (TPSA) is 80.4 Å². The number of nitrogens with zero attached hydrogens (tertiary/aromatic N) is 1. The van der Waals surface area contributed by atoms with Crippen LogP contribution in [-0.2, 0) is 6.42 Å². The lowest BCUT2D eigenvalue weighted by atomic mass is 10.1. The van der Waals surface area contributed by atoms with Crippen LogP contribution in [-0.4, -0.2) is 15.8 Å². The summed E-state index contributed by atoms with van der Waals surface area (Å²) >= 11 is 0. The summed E-state index contributed by atoms with van der Waals surface area (Å²) < 4.78 is 0. The predicted octanol–water partition coefficient (Wildman–Crippen LogP) is 3.76. The first-order valence-electron chi connectivity index (χ1n) is 6.80. The van der Waals surface area contributed by atoms with Crippen molar-refractivity contribution in [1.29, 1.82) is 0 Å². The van der Waals surface area contributed by atoms with E-state index < -0.39 is 4.92 Å². The Bertz CT molecular complexity index is 733. The molecule has 0 amide bonds. The van der Waals surface area contributed by atoms with E-state index >= 15 is 0 Å². The Hall–Kier alpha value is -2.95. The van der Waals surface area contributed by atoms with Gasteiger partial charge in [0.2, 0.25) is 0 Å². The maximum absolute atomic E-state index is 12.0. The highest BCUT2D eigenvalue weighted by molar-refractivity contribution is 6.06. The second-order valence-electron chi connectivity index (χ2n) is 4.74. The largest absolute Gasteiger partial charge is 0.508 e. The van der Waals surface area contributed by atoms with E-state index in [1.807, 2.05) is 6.92 Å². The monoisotopic (exact) mass is 297 g/mol. The van der Waals surface area contributed by atoms with Crippen LogP contribution in [0.3, 0.4) is 0 Å². The van der Waals surface area contributed by atoms with Crippen LogP contribution in [0.1, 0.15) is 28.4 Å². The number of aryl methyl sites for hydroxylation is 1. The van der Waals surface area contributed by atoms with E-state index in [4.69, 9.17) is 0 Å². The number of benzene rings is 2. The molecular weight excluding hydrogens is 282 g/mol. The molecule has 0 fully saturated rings. The van der Waals surface area contributed by atoms with Crippen molar-refractivity contribution in [3.63, 3.8) is 0 Å². The predicted molar refractivity (Wildman–Crippen MR) is 83.9 cm³/mol. The third-order valence-electron chi connectivity index (χ3n) is 3.27. The van der Waals surface area contributed by atoms with E-state index in [-0.39, 0.29) is 17.2 Å². The van der Waals surface area contributed by atoms with E-state index in [2.05, 4.69) is 0 Å². The number of aromatic hydroxyl groups is 1. The van der Waals surface area contributed by atoms with Gasteiger partial charge in [-0.1, -0.05) is 25.1 Å². The standard InChI is InChI=1S/C17H15NO4/c1-2-13-5-3-12(11-16(13)18(21)22)4-10-17(20)14-6-8-15(19)9-7-14/h3-11,19H,2H2,1H3/b10-4+. The highest BCUT2D eigenvalue weighted by atomic mass is 16.6. The number of nitro benzene ring substituents is 1. The fraction of sp³-hybridized carbons (Fsp3) is 0.118. The van der Waals surface area contributed by atoms with E-state index in [0.29, 0.717) is 23.1 Å². The number of nitro groups is 1. The summed E-state index contributed by atoms with van der Waals surface area (Å²) in [4.78, 5) is 22.6. The molecule has 22 heavy (non-hydrogen) atoms. The number of carbonyl (C=O) groups excluding carboxylic acids is 1. The number of ketones is 1. The molecule has 5 nitrogen and oxygen atoms in total. The fourth-order valence-corrected chi connectivity index (χ4v) is 2.05. The maximum Gasteiger partial charge on any atom is 0.273 e. The number of phenols is 1. The lowest BCUT2D eigenvalue weighted by Gasteiger charge is -2.01. The molecule has 0 unspecified atom stereocenters. The number of hydrogen-bond donors (Lipinski definition) is 1. The van der Waals surface area contributed by atoms with Crippen LogP contribution in [0, 0.1) is 10.1 Å². The Kier molecular flexibility index (Phi) is 4.68. The number of rotatable bonds is 5. The molecule has 0 spiro atoms. The number of hydrogen-bond acceptors (Lipinski definition) is 4. The smallest absolute Gasteiger partial charge is 0.273 e.